The Morgan fingerprint density at radius 3 is 2.37 bits per heavy atom. The van der Waals surface area contributed by atoms with Crippen LogP contribution in [0.15, 0.2) is 48.5 Å². The second-order valence-corrected chi connectivity index (χ2v) is 11.2. The minimum absolute atomic E-state index is 0.0418. The molecule has 4 aromatic carbocycles. The molecule has 0 spiro atoms. The number of hydrogen-bond acceptors (Lipinski definition) is 9. The van der Waals surface area contributed by atoms with Crippen LogP contribution in [0.4, 0.5) is 5.69 Å². The summed E-state index contributed by atoms with van der Waals surface area (Å²) >= 11 is 0. The number of anilines is 1. The normalized spacial score (nSPS) is 17.7. The number of methoxy groups -OCH3 is 2. The first kappa shape index (κ1) is 27.2. The molecule has 43 heavy (non-hydrogen) atoms. The van der Waals surface area contributed by atoms with Crippen LogP contribution in [-0.4, -0.2) is 41.3 Å². The molecule has 7 rings (SSSR count). The van der Waals surface area contributed by atoms with Crippen LogP contribution in [0.2, 0.25) is 0 Å². The van der Waals surface area contributed by atoms with Crippen LogP contribution < -0.4 is 24.3 Å². The lowest BCUT2D eigenvalue weighted by Gasteiger charge is -2.38. The van der Waals surface area contributed by atoms with Gasteiger partial charge in [0.1, 0.15) is 23.9 Å². The van der Waals surface area contributed by atoms with Gasteiger partial charge in [0.25, 0.3) is 0 Å². The molecule has 1 aliphatic carbocycles. The van der Waals surface area contributed by atoms with Crippen molar-refractivity contribution in [3.8, 4) is 45.6 Å². The molecule has 222 valence electrons. The van der Waals surface area contributed by atoms with E-state index >= 15 is 0 Å². The highest BCUT2D eigenvalue weighted by Gasteiger charge is 2.39. The molecule has 9 nitrogen and oxygen atoms in total. The number of fused-ring (bicyclic) bond motifs is 2. The third-order valence-corrected chi connectivity index (χ3v) is 8.84. The van der Waals surface area contributed by atoms with Gasteiger partial charge in [-0.25, -0.2) is 0 Å². The molecule has 9 heteroatoms. The van der Waals surface area contributed by atoms with Crippen molar-refractivity contribution in [1.82, 2.24) is 0 Å². The van der Waals surface area contributed by atoms with E-state index in [2.05, 4.69) is 5.32 Å². The molecule has 0 saturated heterocycles. The molecule has 2 atom stereocenters. The Labute approximate surface area is 248 Å². The molecule has 0 fully saturated rings. The molecule has 3 aliphatic rings. The average Bonchev–Trinajstić information content (AvgIpc) is 3.03. The smallest absolute Gasteiger partial charge is 0.200 e. The van der Waals surface area contributed by atoms with E-state index in [-0.39, 0.29) is 36.2 Å². The van der Waals surface area contributed by atoms with Crippen molar-refractivity contribution in [2.75, 3.05) is 26.1 Å². The lowest BCUT2D eigenvalue weighted by Crippen LogP contribution is -2.28. The summed E-state index contributed by atoms with van der Waals surface area (Å²) in [5, 5.41) is 46.4. The van der Waals surface area contributed by atoms with Gasteiger partial charge in [0.15, 0.2) is 11.5 Å². The Balaban J connectivity index is 1.30. The topological polar surface area (TPSA) is 130 Å². The van der Waals surface area contributed by atoms with Crippen molar-refractivity contribution in [2.45, 2.75) is 44.6 Å². The van der Waals surface area contributed by atoms with Gasteiger partial charge in [0.2, 0.25) is 5.75 Å². The first-order chi connectivity index (χ1) is 20.9. The molecule has 0 aromatic heterocycles. The summed E-state index contributed by atoms with van der Waals surface area (Å²) in [7, 11) is 2.94. The number of aromatic hydroxyl groups is 2. The van der Waals surface area contributed by atoms with Crippen molar-refractivity contribution in [3.63, 3.8) is 0 Å². The molecular formula is C34H33NO8. The summed E-state index contributed by atoms with van der Waals surface area (Å²) in [4.78, 5) is 0. The number of nitrogens with one attached hydrogen (secondary N) is 1. The van der Waals surface area contributed by atoms with E-state index in [4.69, 9.17) is 18.9 Å². The Morgan fingerprint density at radius 2 is 1.63 bits per heavy atom. The van der Waals surface area contributed by atoms with Crippen LogP contribution in [0.25, 0.3) is 11.1 Å². The molecule has 0 amide bonds. The number of phenols is 2. The Morgan fingerprint density at radius 1 is 0.884 bits per heavy atom. The maximum atomic E-state index is 11.9. The van der Waals surface area contributed by atoms with Gasteiger partial charge in [-0.1, -0.05) is 24.3 Å². The fourth-order valence-corrected chi connectivity index (χ4v) is 6.74. The number of rotatable bonds is 7. The zero-order valence-electron chi connectivity index (χ0n) is 23.9. The fraction of sp³-hybridized carbons (Fsp3) is 0.294. The van der Waals surface area contributed by atoms with Gasteiger partial charge in [-0.05, 0) is 52.8 Å². The molecule has 0 bridgehead atoms. The van der Waals surface area contributed by atoms with Crippen molar-refractivity contribution < 1.29 is 39.4 Å². The lowest BCUT2D eigenvalue weighted by molar-refractivity contribution is 0.0878. The highest BCUT2D eigenvalue weighted by atomic mass is 16.5. The van der Waals surface area contributed by atoms with E-state index in [1.54, 1.807) is 18.2 Å². The zero-order valence-corrected chi connectivity index (χ0v) is 23.9. The van der Waals surface area contributed by atoms with Gasteiger partial charge in [-0.2, -0.15) is 0 Å². The van der Waals surface area contributed by atoms with Crippen LogP contribution in [0.3, 0.4) is 0 Å². The van der Waals surface area contributed by atoms with Crippen LogP contribution in [0, 0.1) is 0 Å². The largest absolute Gasteiger partial charge is 0.507 e. The van der Waals surface area contributed by atoms with Crippen LogP contribution >= 0.6 is 0 Å². The van der Waals surface area contributed by atoms with Gasteiger partial charge in [-0.15, -0.1) is 0 Å². The molecule has 2 unspecified atom stereocenters. The zero-order chi connectivity index (χ0) is 29.8. The van der Waals surface area contributed by atoms with E-state index in [0.29, 0.717) is 37.5 Å². The molecule has 4 aromatic rings. The summed E-state index contributed by atoms with van der Waals surface area (Å²) in [5.41, 5.74) is 8.80. The van der Waals surface area contributed by atoms with Gasteiger partial charge in [0.05, 0.1) is 33.5 Å². The molecule has 2 heterocycles. The third kappa shape index (κ3) is 4.38. The predicted molar refractivity (Wildman–Crippen MR) is 159 cm³/mol. The minimum atomic E-state index is -0.887. The van der Waals surface area contributed by atoms with E-state index in [9.17, 15) is 20.4 Å². The monoisotopic (exact) mass is 583 g/mol. The van der Waals surface area contributed by atoms with Crippen molar-refractivity contribution in [2.24, 2.45) is 0 Å². The van der Waals surface area contributed by atoms with Crippen molar-refractivity contribution in [3.05, 3.63) is 87.5 Å². The van der Waals surface area contributed by atoms with Gasteiger partial charge < -0.3 is 44.7 Å². The first-order valence-electron chi connectivity index (χ1n) is 14.3. The summed E-state index contributed by atoms with van der Waals surface area (Å²) in [6.07, 6.45) is 0.424. The third-order valence-electron chi connectivity index (χ3n) is 8.84. The first-order valence-corrected chi connectivity index (χ1v) is 14.3. The molecule has 5 N–H and O–H groups in total. The minimum Gasteiger partial charge on any atom is -0.507 e. The molecule has 0 radical (unpaired) electrons. The number of ether oxygens (including phenoxy) is 4. The van der Waals surface area contributed by atoms with Gasteiger partial charge in [0, 0.05) is 52.5 Å². The number of aliphatic hydroxyl groups excluding tert-OH is 2. The summed E-state index contributed by atoms with van der Waals surface area (Å²) in [6, 6.07) is 14.7. The van der Waals surface area contributed by atoms with Crippen LogP contribution in [-0.2, 0) is 32.6 Å². The average molecular weight is 584 g/mol. The van der Waals surface area contributed by atoms with Crippen molar-refractivity contribution in [1.29, 1.82) is 0 Å². The standard InChI is InChI=1S/C34H33NO8/c1-40-28-9-19(10-29(41-2)34(28)39)23-16-43-27-11-24-31-21(32(27)33(23)38)7-6-20-26(12-25(37)22(13-35-24)30(20)31)42-15-18-5-3-4-17(8-18)14-36/h3-5,8-12,23,33,35-39H,6-7,13-16H2,1-2H3. The number of hydrogen-bond donors (Lipinski definition) is 5. The van der Waals surface area contributed by atoms with Gasteiger partial charge in [-0.3, -0.25) is 0 Å². The van der Waals surface area contributed by atoms with Crippen LogP contribution in [0.5, 0.6) is 34.5 Å². The SMILES string of the molecule is COc1cc(C2COc3cc4c5c(c3C2O)CCc2c(OCc3cccc(CO)c3)cc(O)c(c2-5)CN4)cc(OC)c1O. The molecule has 0 saturated carbocycles. The maximum absolute atomic E-state index is 11.9. The lowest BCUT2D eigenvalue weighted by atomic mass is 9.74. The summed E-state index contributed by atoms with van der Waals surface area (Å²) < 4.78 is 23.3. The van der Waals surface area contributed by atoms with E-state index in [1.165, 1.54) is 14.2 Å². The highest BCUT2D eigenvalue weighted by Crippen LogP contribution is 2.55. The molecule has 2 aliphatic heterocycles. The predicted octanol–water partition coefficient (Wildman–Crippen LogP) is 5.09. The maximum Gasteiger partial charge on any atom is 0.200 e. The highest BCUT2D eigenvalue weighted by molar-refractivity contribution is 5.93. The van der Waals surface area contributed by atoms with E-state index < -0.39 is 12.0 Å². The summed E-state index contributed by atoms with van der Waals surface area (Å²) in [6.45, 7) is 0.951. The second-order valence-electron chi connectivity index (χ2n) is 11.2. The van der Waals surface area contributed by atoms with Crippen molar-refractivity contribution >= 4 is 5.69 Å². The number of phenolic OH excluding ortho intramolecular Hbond substituents is 2. The van der Waals surface area contributed by atoms with Crippen LogP contribution in [0.1, 0.15) is 51.0 Å². The fourth-order valence-electron chi connectivity index (χ4n) is 6.74. The molecular weight excluding hydrogens is 550 g/mol. The van der Waals surface area contributed by atoms with Gasteiger partial charge >= 0.3 is 0 Å². The Kier molecular flexibility index (Phi) is 6.71. The Hall–Kier alpha value is -4.60. The second kappa shape index (κ2) is 10.6. The van der Waals surface area contributed by atoms with E-state index in [1.807, 2.05) is 30.3 Å². The summed E-state index contributed by atoms with van der Waals surface area (Å²) in [5.74, 6) is 1.40. The Bertz CT molecular complexity index is 1720. The quantitative estimate of drug-likeness (QED) is 0.202. The van der Waals surface area contributed by atoms with E-state index in [0.717, 1.165) is 55.8 Å². The number of aliphatic hydroxyl groups is 2. The number of benzene rings is 4.